The minimum atomic E-state index is -0.844. The minimum absolute atomic E-state index is 0.148. The third-order valence-electron chi connectivity index (χ3n) is 3.12. The van der Waals surface area contributed by atoms with E-state index in [9.17, 15) is 14.4 Å². The lowest BCUT2D eigenvalue weighted by Gasteiger charge is -2.06. The molecule has 3 aromatic heterocycles. The normalized spacial score (nSPS) is 10.4. The first-order valence-electron chi connectivity index (χ1n) is 7.24. The van der Waals surface area contributed by atoms with E-state index in [1.165, 1.54) is 12.3 Å². The molecule has 3 aromatic rings. The van der Waals surface area contributed by atoms with Gasteiger partial charge in [-0.2, -0.15) is 0 Å². The average molecular weight is 359 g/mol. The van der Waals surface area contributed by atoms with Crippen LogP contribution in [-0.4, -0.2) is 38.9 Å². The largest absolute Gasteiger partial charge is 0.450 e. The number of imidazole rings is 1. The Labute approximate surface area is 145 Å². The number of alkyl carbamates (subject to hydrolysis) is 1. The van der Waals surface area contributed by atoms with Gasteiger partial charge >= 0.3 is 6.09 Å². The Morgan fingerprint density at radius 2 is 2.16 bits per heavy atom. The molecule has 0 fully saturated rings. The number of nitrogens with one attached hydrogen (secondary N) is 2. The van der Waals surface area contributed by atoms with E-state index in [1.54, 1.807) is 35.3 Å². The third kappa shape index (κ3) is 3.63. The fourth-order valence-electron chi connectivity index (χ4n) is 2.03. The molecule has 0 spiro atoms. The molecule has 0 radical (unpaired) electrons. The summed E-state index contributed by atoms with van der Waals surface area (Å²) in [6, 6.07) is 1.50. The van der Waals surface area contributed by atoms with Crippen molar-refractivity contribution in [2.24, 2.45) is 0 Å². The lowest BCUT2D eigenvalue weighted by molar-refractivity contribution is 0.0926. The molecule has 10 heteroatoms. The van der Waals surface area contributed by atoms with E-state index >= 15 is 0 Å². The smallest absolute Gasteiger partial charge is 0.414 e. The Balaban J connectivity index is 1.75. The predicted molar refractivity (Wildman–Crippen MR) is 89.7 cm³/mol. The Bertz CT molecular complexity index is 915. The number of fused-ring (bicyclic) bond motifs is 1. The van der Waals surface area contributed by atoms with E-state index in [1.807, 2.05) is 0 Å². The molecule has 0 atom stereocenters. The van der Waals surface area contributed by atoms with Crippen LogP contribution in [0.4, 0.5) is 9.80 Å². The summed E-state index contributed by atoms with van der Waals surface area (Å²) in [6.45, 7) is 1.78. The lowest BCUT2D eigenvalue weighted by Crippen LogP contribution is -2.31. The van der Waals surface area contributed by atoms with Crippen molar-refractivity contribution in [1.29, 1.82) is 0 Å². The molecular weight excluding hydrogens is 346 g/mol. The van der Waals surface area contributed by atoms with Crippen LogP contribution in [0.2, 0.25) is 0 Å². The molecule has 0 aliphatic rings. The van der Waals surface area contributed by atoms with Crippen molar-refractivity contribution in [3.63, 3.8) is 0 Å². The van der Waals surface area contributed by atoms with Gasteiger partial charge in [-0.15, -0.1) is 11.3 Å². The molecule has 0 bridgehead atoms. The highest BCUT2D eigenvalue weighted by Gasteiger charge is 2.19. The van der Waals surface area contributed by atoms with Crippen molar-refractivity contribution in [1.82, 2.24) is 19.7 Å². The van der Waals surface area contributed by atoms with Crippen LogP contribution in [0.1, 0.15) is 27.8 Å². The number of aromatic nitrogens is 3. The van der Waals surface area contributed by atoms with Gasteiger partial charge in [0.15, 0.2) is 5.65 Å². The molecule has 0 saturated carbocycles. The fourth-order valence-corrected chi connectivity index (χ4v) is 2.81. The number of carbonyl (C=O) groups is 3. The summed E-state index contributed by atoms with van der Waals surface area (Å²) in [6.07, 6.45) is 5.48. The number of rotatable bonds is 4. The topological polar surface area (TPSA) is 115 Å². The van der Waals surface area contributed by atoms with Crippen molar-refractivity contribution >= 4 is 39.9 Å². The van der Waals surface area contributed by atoms with Gasteiger partial charge in [0.2, 0.25) is 0 Å². The molecule has 0 saturated heterocycles. The van der Waals surface area contributed by atoms with Crippen molar-refractivity contribution < 1.29 is 19.1 Å². The number of ether oxygens (including phenoxy) is 1. The third-order valence-corrected chi connectivity index (χ3v) is 3.95. The fraction of sp³-hybridized carbons (Fsp3) is 0.133. The molecule has 3 rings (SSSR count). The maximum atomic E-state index is 12.4. The Hall–Kier alpha value is -3.27. The van der Waals surface area contributed by atoms with Crippen LogP contribution >= 0.6 is 11.3 Å². The van der Waals surface area contributed by atoms with Crippen molar-refractivity contribution in [3.8, 4) is 0 Å². The monoisotopic (exact) mass is 359 g/mol. The molecule has 128 valence electrons. The van der Waals surface area contributed by atoms with Crippen LogP contribution < -0.4 is 10.6 Å². The highest BCUT2D eigenvalue weighted by molar-refractivity contribution is 7.14. The Kier molecular flexibility index (Phi) is 4.70. The highest BCUT2D eigenvalue weighted by Crippen LogP contribution is 2.24. The van der Waals surface area contributed by atoms with Gasteiger partial charge in [-0.05, 0) is 18.4 Å². The minimum Gasteiger partial charge on any atom is -0.450 e. The maximum absolute atomic E-state index is 12.4. The van der Waals surface area contributed by atoms with Gasteiger partial charge < -0.3 is 14.5 Å². The second kappa shape index (κ2) is 7.09. The van der Waals surface area contributed by atoms with Crippen LogP contribution in [0, 0.1) is 0 Å². The van der Waals surface area contributed by atoms with E-state index in [0.717, 1.165) is 11.3 Å². The summed E-state index contributed by atoms with van der Waals surface area (Å²) in [4.78, 5) is 43.9. The Morgan fingerprint density at radius 1 is 1.32 bits per heavy atom. The van der Waals surface area contributed by atoms with E-state index in [0.29, 0.717) is 10.6 Å². The number of imide groups is 1. The van der Waals surface area contributed by atoms with Crippen LogP contribution in [0.15, 0.2) is 36.2 Å². The zero-order valence-corrected chi connectivity index (χ0v) is 13.9. The van der Waals surface area contributed by atoms with Gasteiger partial charge in [0.05, 0.1) is 18.4 Å². The first-order valence-corrected chi connectivity index (χ1v) is 8.12. The Morgan fingerprint density at radius 3 is 2.92 bits per heavy atom. The molecule has 0 unspecified atom stereocenters. The lowest BCUT2D eigenvalue weighted by atomic mass is 10.3. The molecule has 3 amide bonds. The molecule has 0 aliphatic heterocycles. The SMILES string of the molecule is CCOC(=O)NC(=O)c1ccsc1NC(=O)c1cn2ccncc2n1. The highest BCUT2D eigenvalue weighted by atomic mass is 32.1. The maximum Gasteiger partial charge on any atom is 0.414 e. The molecule has 25 heavy (non-hydrogen) atoms. The molecule has 3 heterocycles. The van der Waals surface area contributed by atoms with Crippen LogP contribution in [0.5, 0.6) is 0 Å². The zero-order chi connectivity index (χ0) is 17.8. The summed E-state index contributed by atoms with van der Waals surface area (Å²) in [5.74, 6) is -1.13. The second-order valence-electron chi connectivity index (χ2n) is 4.76. The molecular formula is C15H13N5O4S. The van der Waals surface area contributed by atoms with Crippen LogP contribution in [0.3, 0.4) is 0 Å². The van der Waals surface area contributed by atoms with Crippen molar-refractivity contribution in [3.05, 3.63) is 47.5 Å². The van der Waals surface area contributed by atoms with Gasteiger partial charge in [-0.25, -0.2) is 9.78 Å². The molecule has 0 aliphatic carbocycles. The van der Waals surface area contributed by atoms with Crippen molar-refractivity contribution in [2.75, 3.05) is 11.9 Å². The van der Waals surface area contributed by atoms with Crippen LogP contribution in [0.25, 0.3) is 5.65 Å². The summed E-state index contributed by atoms with van der Waals surface area (Å²) in [5.41, 5.74) is 0.870. The van der Waals surface area contributed by atoms with Gasteiger partial charge in [0, 0.05) is 18.6 Å². The summed E-state index contributed by atoms with van der Waals surface area (Å²) >= 11 is 1.16. The second-order valence-corrected chi connectivity index (χ2v) is 5.68. The molecule has 0 aromatic carbocycles. The first-order chi connectivity index (χ1) is 12.1. The number of thiophene rings is 1. The quantitative estimate of drug-likeness (QED) is 0.735. The predicted octanol–water partition coefficient (Wildman–Crippen LogP) is 1.93. The number of amides is 3. The van der Waals surface area contributed by atoms with Gasteiger partial charge in [0.1, 0.15) is 10.7 Å². The summed E-state index contributed by atoms with van der Waals surface area (Å²) < 4.78 is 6.32. The van der Waals surface area contributed by atoms with Crippen LogP contribution in [-0.2, 0) is 4.74 Å². The standard InChI is InChI=1S/C15H13N5O4S/c1-2-24-15(23)19-12(21)9-3-6-25-14(9)18-13(22)10-8-20-5-4-16-7-11(20)17-10/h3-8H,2H2,1H3,(H,18,22)(H,19,21,23). The van der Waals surface area contributed by atoms with E-state index in [-0.39, 0.29) is 17.9 Å². The average Bonchev–Trinajstić information content (AvgIpc) is 3.21. The van der Waals surface area contributed by atoms with Gasteiger partial charge in [0.25, 0.3) is 11.8 Å². The summed E-state index contributed by atoms with van der Waals surface area (Å²) in [5, 5.41) is 6.65. The number of nitrogens with zero attached hydrogens (tertiary/aromatic N) is 3. The van der Waals surface area contributed by atoms with Gasteiger partial charge in [-0.1, -0.05) is 0 Å². The molecule has 9 nitrogen and oxygen atoms in total. The summed E-state index contributed by atoms with van der Waals surface area (Å²) in [7, 11) is 0. The van der Waals surface area contributed by atoms with Gasteiger partial charge in [-0.3, -0.25) is 19.9 Å². The van der Waals surface area contributed by atoms with E-state index in [4.69, 9.17) is 0 Å². The van der Waals surface area contributed by atoms with Crippen molar-refractivity contribution in [2.45, 2.75) is 6.92 Å². The number of carbonyl (C=O) groups excluding carboxylic acids is 3. The van der Waals surface area contributed by atoms with E-state index in [2.05, 4.69) is 25.3 Å². The number of hydrogen-bond acceptors (Lipinski definition) is 7. The zero-order valence-electron chi connectivity index (χ0n) is 13.1. The number of anilines is 1. The molecule has 2 N–H and O–H groups in total. The van der Waals surface area contributed by atoms with E-state index < -0.39 is 17.9 Å². The number of hydrogen-bond donors (Lipinski definition) is 2. The first kappa shape index (κ1) is 16.6.